The van der Waals surface area contributed by atoms with Crippen molar-refractivity contribution in [2.45, 2.75) is 6.42 Å². The Hall–Kier alpha value is -4.23. The Labute approximate surface area is 211 Å². The maximum Gasteiger partial charge on any atom is 0.267 e. The SMILES string of the molecule is CN(C)CCCNC(=O)c1cccc(-c2cc(=O)n(C)nc2-c2ccccc2Oc2ccccc2)c1. The third-order valence-corrected chi connectivity index (χ3v) is 5.71. The topological polar surface area (TPSA) is 76.5 Å². The summed E-state index contributed by atoms with van der Waals surface area (Å²) in [5.74, 6) is 1.16. The summed E-state index contributed by atoms with van der Waals surface area (Å²) in [4.78, 5) is 27.5. The second kappa shape index (κ2) is 11.5. The number of rotatable bonds is 9. The van der Waals surface area contributed by atoms with Gasteiger partial charge in [-0.3, -0.25) is 9.59 Å². The van der Waals surface area contributed by atoms with Crippen LogP contribution in [0.3, 0.4) is 0 Å². The molecular formula is C29H30N4O3. The molecule has 0 fully saturated rings. The van der Waals surface area contributed by atoms with E-state index in [4.69, 9.17) is 4.74 Å². The van der Waals surface area contributed by atoms with E-state index in [1.807, 2.05) is 80.8 Å². The molecular weight excluding hydrogens is 452 g/mol. The maximum absolute atomic E-state index is 12.8. The van der Waals surface area contributed by atoms with Gasteiger partial charge in [0.1, 0.15) is 17.2 Å². The maximum atomic E-state index is 12.8. The molecule has 0 bridgehead atoms. The summed E-state index contributed by atoms with van der Waals surface area (Å²) in [6, 6.07) is 25.9. The molecule has 4 rings (SSSR count). The van der Waals surface area contributed by atoms with E-state index >= 15 is 0 Å². The molecule has 0 atom stereocenters. The molecule has 1 amide bonds. The number of ether oxygens (including phenoxy) is 1. The summed E-state index contributed by atoms with van der Waals surface area (Å²) in [5, 5.41) is 7.56. The Balaban J connectivity index is 1.71. The number of carbonyl (C=O) groups excluding carboxylic acids is 1. The Morgan fingerprint density at radius 2 is 1.69 bits per heavy atom. The number of hydrogen-bond donors (Lipinski definition) is 1. The molecule has 4 aromatic rings. The molecule has 36 heavy (non-hydrogen) atoms. The number of carbonyl (C=O) groups is 1. The molecule has 0 aliphatic carbocycles. The molecule has 1 heterocycles. The van der Waals surface area contributed by atoms with E-state index in [0.717, 1.165) is 24.1 Å². The van der Waals surface area contributed by atoms with Gasteiger partial charge in [0.2, 0.25) is 0 Å². The fourth-order valence-corrected chi connectivity index (χ4v) is 3.85. The second-order valence-electron chi connectivity index (χ2n) is 8.77. The van der Waals surface area contributed by atoms with Crippen LogP contribution >= 0.6 is 0 Å². The fraction of sp³-hybridized carbons (Fsp3) is 0.207. The van der Waals surface area contributed by atoms with Crippen molar-refractivity contribution in [1.29, 1.82) is 0 Å². The molecule has 0 radical (unpaired) electrons. The van der Waals surface area contributed by atoms with Gasteiger partial charge in [-0.1, -0.05) is 42.5 Å². The first kappa shape index (κ1) is 24.9. The number of aryl methyl sites for hydroxylation is 1. The standard InChI is InChI=1S/C29H30N4O3/c1-32(2)18-10-17-30-29(35)22-12-9-11-21(19-22)25-20-27(34)33(3)31-28(25)24-15-7-8-16-26(24)36-23-13-5-4-6-14-23/h4-9,11-16,19-20H,10,17-18H2,1-3H3,(H,30,35). The monoisotopic (exact) mass is 482 g/mol. The zero-order chi connectivity index (χ0) is 25.5. The number of para-hydroxylation sites is 2. The highest BCUT2D eigenvalue weighted by Gasteiger charge is 2.17. The number of hydrogen-bond acceptors (Lipinski definition) is 5. The lowest BCUT2D eigenvalue weighted by Crippen LogP contribution is -2.27. The van der Waals surface area contributed by atoms with Crippen molar-refractivity contribution in [3.8, 4) is 33.9 Å². The number of aromatic nitrogens is 2. The average Bonchev–Trinajstić information content (AvgIpc) is 2.89. The lowest BCUT2D eigenvalue weighted by molar-refractivity contribution is 0.0952. The number of nitrogens with one attached hydrogen (secondary N) is 1. The van der Waals surface area contributed by atoms with E-state index in [9.17, 15) is 9.59 Å². The van der Waals surface area contributed by atoms with Gasteiger partial charge < -0.3 is 15.0 Å². The summed E-state index contributed by atoms with van der Waals surface area (Å²) in [5.41, 5.74) is 2.97. The molecule has 184 valence electrons. The van der Waals surface area contributed by atoms with Crippen molar-refractivity contribution in [3.63, 3.8) is 0 Å². The summed E-state index contributed by atoms with van der Waals surface area (Å²) >= 11 is 0. The highest BCUT2D eigenvalue weighted by atomic mass is 16.5. The van der Waals surface area contributed by atoms with Crippen LogP contribution in [-0.2, 0) is 7.05 Å². The van der Waals surface area contributed by atoms with Gasteiger partial charge in [0.15, 0.2) is 0 Å². The molecule has 0 saturated heterocycles. The number of benzene rings is 3. The van der Waals surface area contributed by atoms with Crippen molar-refractivity contribution in [2.24, 2.45) is 7.05 Å². The first-order chi connectivity index (χ1) is 17.4. The van der Waals surface area contributed by atoms with Crippen molar-refractivity contribution >= 4 is 5.91 Å². The van der Waals surface area contributed by atoms with Crippen molar-refractivity contribution in [3.05, 3.63) is 101 Å². The molecule has 0 aliphatic rings. The molecule has 7 nitrogen and oxygen atoms in total. The minimum absolute atomic E-state index is 0.151. The van der Waals surface area contributed by atoms with Crippen LogP contribution in [0.5, 0.6) is 11.5 Å². The Morgan fingerprint density at radius 1 is 0.944 bits per heavy atom. The predicted molar refractivity (Wildman–Crippen MR) is 142 cm³/mol. The van der Waals surface area contributed by atoms with E-state index < -0.39 is 0 Å². The van der Waals surface area contributed by atoms with Crippen molar-refractivity contribution < 1.29 is 9.53 Å². The zero-order valence-corrected chi connectivity index (χ0v) is 20.8. The summed E-state index contributed by atoms with van der Waals surface area (Å²) in [6.07, 6.45) is 0.861. The first-order valence-electron chi connectivity index (χ1n) is 11.9. The summed E-state index contributed by atoms with van der Waals surface area (Å²) in [7, 11) is 5.63. The highest BCUT2D eigenvalue weighted by molar-refractivity contribution is 5.96. The zero-order valence-electron chi connectivity index (χ0n) is 20.8. The normalized spacial score (nSPS) is 10.9. The van der Waals surface area contributed by atoms with Gasteiger partial charge in [0.25, 0.3) is 11.5 Å². The van der Waals surface area contributed by atoms with E-state index in [0.29, 0.717) is 34.9 Å². The molecule has 0 unspecified atom stereocenters. The lowest BCUT2D eigenvalue weighted by atomic mass is 9.97. The van der Waals surface area contributed by atoms with Crippen LogP contribution in [0.15, 0.2) is 89.7 Å². The van der Waals surface area contributed by atoms with Crippen LogP contribution in [0.1, 0.15) is 16.8 Å². The van der Waals surface area contributed by atoms with Crippen LogP contribution in [0.25, 0.3) is 22.4 Å². The van der Waals surface area contributed by atoms with Crippen LogP contribution in [0.2, 0.25) is 0 Å². The minimum Gasteiger partial charge on any atom is -0.457 e. The molecule has 0 aliphatic heterocycles. The smallest absolute Gasteiger partial charge is 0.267 e. The largest absolute Gasteiger partial charge is 0.457 e. The quantitative estimate of drug-likeness (QED) is 0.353. The number of amides is 1. The Kier molecular flexibility index (Phi) is 7.92. The van der Waals surface area contributed by atoms with Gasteiger partial charge in [-0.15, -0.1) is 0 Å². The van der Waals surface area contributed by atoms with Crippen LogP contribution in [-0.4, -0.2) is 47.8 Å². The van der Waals surface area contributed by atoms with Gasteiger partial charge >= 0.3 is 0 Å². The molecule has 0 spiro atoms. The van der Waals surface area contributed by atoms with Crippen molar-refractivity contribution in [1.82, 2.24) is 20.0 Å². The molecule has 7 heteroatoms. The number of nitrogens with zero attached hydrogens (tertiary/aromatic N) is 3. The van der Waals surface area contributed by atoms with E-state index in [2.05, 4.69) is 15.3 Å². The second-order valence-corrected chi connectivity index (χ2v) is 8.77. The molecule has 1 aromatic heterocycles. The van der Waals surface area contributed by atoms with Crippen LogP contribution < -0.4 is 15.6 Å². The van der Waals surface area contributed by atoms with Crippen LogP contribution in [0, 0.1) is 0 Å². The third kappa shape index (κ3) is 6.06. The average molecular weight is 483 g/mol. The van der Waals surface area contributed by atoms with Gasteiger partial charge in [0, 0.05) is 36.3 Å². The minimum atomic E-state index is -0.242. The Morgan fingerprint density at radius 3 is 2.47 bits per heavy atom. The van der Waals surface area contributed by atoms with Gasteiger partial charge in [0.05, 0.1) is 0 Å². The Bertz CT molecular complexity index is 1400. The van der Waals surface area contributed by atoms with Gasteiger partial charge in [-0.05, 0) is 69.0 Å². The van der Waals surface area contributed by atoms with Crippen molar-refractivity contribution in [2.75, 3.05) is 27.2 Å². The third-order valence-electron chi connectivity index (χ3n) is 5.71. The first-order valence-corrected chi connectivity index (χ1v) is 11.9. The molecule has 1 N–H and O–H groups in total. The highest BCUT2D eigenvalue weighted by Crippen LogP contribution is 2.37. The van der Waals surface area contributed by atoms with Crippen LogP contribution in [0.4, 0.5) is 0 Å². The fourth-order valence-electron chi connectivity index (χ4n) is 3.85. The summed E-state index contributed by atoms with van der Waals surface area (Å²) in [6.45, 7) is 1.48. The van der Waals surface area contributed by atoms with E-state index in [-0.39, 0.29) is 11.5 Å². The molecule has 0 saturated carbocycles. The predicted octanol–water partition coefficient (Wildman–Crippen LogP) is 4.59. The summed E-state index contributed by atoms with van der Waals surface area (Å²) < 4.78 is 7.47. The lowest BCUT2D eigenvalue weighted by Gasteiger charge is -2.15. The van der Waals surface area contributed by atoms with E-state index in [1.54, 1.807) is 25.2 Å². The molecule has 3 aromatic carbocycles. The van der Waals surface area contributed by atoms with E-state index in [1.165, 1.54) is 4.68 Å². The van der Waals surface area contributed by atoms with Gasteiger partial charge in [-0.25, -0.2) is 4.68 Å². The van der Waals surface area contributed by atoms with Gasteiger partial charge in [-0.2, -0.15) is 5.10 Å².